The molecule has 0 amide bonds. The molecule has 1 aromatic rings. The highest BCUT2D eigenvalue weighted by Gasteiger charge is 2.09. The molecular formula is C10H20N4. The lowest BCUT2D eigenvalue weighted by molar-refractivity contribution is 0.623. The molecule has 4 heteroatoms. The Morgan fingerprint density at radius 3 is 2.71 bits per heavy atom. The number of anilines is 1. The summed E-state index contributed by atoms with van der Waals surface area (Å²) in [6.45, 7) is 4.97. The number of nitrogens with two attached hydrogens (primary N) is 1. The van der Waals surface area contributed by atoms with Crippen LogP contribution in [0.4, 0.5) is 5.82 Å². The number of hydrogen-bond acceptors (Lipinski definition) is 3. The predicted molar refractivity (Wildman–Crippen MR) is 59.5 cm³/mol. The first kappa shape index (κ1) is 11.0. The van der Waals surface area contributed by atoms with Gasteiger partial charge < -0.3 is 10.6 Å². The van der Waals surface area contributed by atoms with Crippen molar-refractivity contribution >= 4 is 5.82 Å². The largest absolute Gasteiger partial charge is 0.358 e. The lowest BCUT2D eigenvalue weighted by atomic mass is 10.2. The average molecular weight is 196 g/mol. The number of nitrogens with zero attached hydrogens (tertiary/aromatic N) is 3. The van der Waals surface area contributed by atoms with Crippen LogP contribution in [-0.4, -0.2) is 29.4 Å². The summed E-state index contributed by atoms with van der Waals surface area (Å²) >= 11 is 0. The van der Waals surface area contributed by atoms with Crippen molar-refractivity contribution in [1.82, 2.24) is 9.78 Å². The topological polar surface area (TPSA) is 47.1 Å². The fraction of sp³-hybridized carbons (Fsp3) is 0.700. The number of aryl methyl sites for hydroxylation is 2. The van der Waals surface area contributed by atoms with E-state index >= 15 is 0 Å². The first-order valence-electron chi connectivity index (χ1n) is 5.02. The highest BCUT2D eigenvalue weighted by molar-refractivity contribution is 5.39. The third-order valence-corrected chi connectivity index (χ3v) is 2.40. The molecule has 80 valence electrons. The number of hydrogen-bond donors (Lipinski definition) is 1. The molecule has 0 bridgehead atoms. The van der Waals surface area contributed by atoms with Crippen LogP contribution in [-0.2, 0) is 7.05 Å². The minimum Gasteiger partial charge on any atom is -0.358 e. The van der Waals surface area contributed by atoms with Gasteiger partial charge in [-0.05, 0) is 13.3 Å². The van der Waals surface area contributed by atoms with Crippen molar-refractivity contribution in [2.75, 3.05) is 18.5 Å². The van der Waals surface area contributed by atoms with Gasteiger partial charge in [-0.1, -0.05) is 6.92 Å². The van der Waals surface area contributed by atoms with Crippen molar-refractivity contribution in [3.8, 4) is 0 Å². The molecule has 14 heavy (non-hydrogen) atoms. The zero-order valence-corrected chi connectivity index (χ0v) is 9.49. The first-order valence-corrected chi connectivity index (χ1v) is 5.02. The van der Waals surface area contributed by atoms with Gasteiger partial charge in [0.2, 0.25) is 0 Å². The van der Waals surface area contributed by atoms with E-state index in [0.717, 1.165) is 24.5 Å². The smallest absolute Gasteiger partial charge is 0.126 e. The Bertz CT molecular complexity index is 292. The summed E-state index contributed by atoms with van der Waals surface area (Å²) in [5.41, 5.74) is 6.94. The van der Waals surface area contributed by atoms with E-state index in [4.69, 9.17) is 5.73 Å². The monoisotopic (exact) mass is 196 g/mol. The number of likely N-dealkylation sites (N-methyl/N-ethyl adjacent to an activating group) is 1. The van der Waals surface area contributed by atoms with Gasteiger partial charge in [0.1, 0.15) is 5.82 Å². The Labute approximate surface area is 85.7 Å². The van der Waals surface area contributed by atoms with Crippen LogP contribution in [0.2, 0.25) is 0 Å². The van der Waals surface area contributed by atoms with E-state index in [2.05, 4.69) is 23.0 Å². The molecule has 4 nitrogen and oxygen atoms in total. The maximum atomic E-state index is 5.90. The predicted octanol–water partition coefficient (Wildman–Crippen LogP) is 0.902. The van der Waals surface area contributed by atoms with Crippen LogP contribution >= 0.6 is 0 Å². The number of rotatable bonds is 4. The zero-order chi connectivity index (χ0) is 10.7. The van der Waals surface area contributed by atoms with E-state index in [0.29, 0.717) is 0 Å². The summed E-state index contributed by atoms with van der Waals surface area (Å²) < 4.78 is 1.89. The standard InChI is InChI=1S/C10H20N4/c1-5-9(11)7-13(3)10-6-8(2)12-14(10)4/h6,9H,5,7,11H2,1-4H3. The Hall–Kier alpha value is -1.03. The van der Waals surface area contributed by atoms with Gasteiger partial charge in [-0.2, -0.15) is 5.10 Å². The van der Waals surface area contributed by atoms with Gasteiger partial charge in [-0.25, -0.2) is 0 Å². The van der Waals surface area contributed by atoms with E-state index < -0.39 is 0 Å². The second-order valence-corrected chi connectivity index (χ2v) is 3.82. The highest BCUT2D eigenvalue weighted by atomic mass is 15.4. The Morgan fingerprint density at radius 2 is 2.29 bits per heavy atom. The normalized spacial score (nSPS) is 12.9. The molecule has 1 aromatic heterocycles. The summed E-state index contributed by atoms with van der Waals surface area (Å²) in [5.74, 6) is 1.12. The third-order valence-electron chi connectivity index (χ3n) is 2.40. The summed E-state index contributed by atoms with van der Waals surface area (Å²) in [7, 11) is 4.00. The van der Waals surface area contributed by atoms with Crippen LogP contribution in [0.1, 0.15) is 19.0 Å². The molecule has 0 aromatic carbocycles. The molecule has 0 aliphatic heterocycles. The summed E-state index contributed by atoms with van der Waals surface area (Å²) in [6.07, 6.45) is 1.00. The molecule has 0 radical (unpaired) electrons. The number of aromatic nitrogens is 2. The quantitative estimate of drug-likeness (QED) is 0.778. The van der Waals surface area contributed by atoms with Gasteiger partial charge in [0, 0.05) is 32.7 Å². The Balaban J connectivity index is 2.69. The van der Waals surface area contributed by atoms with Crippen molar-refractivity contribution in [3.05, 3.63) is 11.8 Å². The lowest BCUT2D eigenvalue weighted by Crippen LogP contribution is -2.35. The molecule has 0 saturated heterocycles. The van der Waals surface area contributed by atoms with E-state index in [1.165, 1.54) is 0 Å². The van der Waals surface area contributed by atoms with Crippen LogP contribution < -0.4 is 10.6 Å². The van der Waals surface area contributed by atoms with E-state index in [1.807, 2.05) is 25.7 Å². The molecule has 0 aliphatic carbocycles. The maximum Gasteiger partial charge on any atom is 0.126 e. The second kappa shape index (κ2) is 4.46. The molecule has 1 rings (SSSR count). The molecule has 1 unspecified atom stereocenters. The molecule has 0 spiro atoms. The molecular weight excluding hydrogens is 176 g/mol. The molecule has 2 N–H and O–H groups in total. The van der Waals surface area contributed by atoms with Crippen LogP contribution in [0.3, 0.4) is 0 Å². The van der Waals surface area contributed by atoms with Crippen molar-refractivity contribution < 1.29 is 0 Å². The van der Waals surface area contributed by atoms with Gasteiger partial charge in [-0.3, -0.25) is 4.68 Å². The van der Waals surface area contributed by atoms with Crippen molar-refractivity contribution in [2.45, 2.75) is 26.3 Å². The SMILES string of the molecule is CCC(N)CN(C)c1cc(C)nn1C. The Morgan fingerprint density at radius 1 is 1.64 bits per heavy atom. The summed E-state index contributed by atoms with van der Waals surface area (Å²) in [6, 6.07) is 2.30. The van der Waals surface area contributed by atoms with Crippen molar-refractivity contribution in [3.63, 3.8) is 0 Å². The highest BCUT2D eigenvalue weighted by Crippen LogP contribution is 2.13. The molecule has 1 heterocycles. The molecule has 0 fully saturated rings. The molecule has 0 aliphatic rings. The van der Waals surface area contributed by atoms with Gasteiger partial charge in [0.15, 0.2) is 0 Å². The zero-order valence-electron chi connectivity index (χ0n) is 9.49. The summed E-state index contributed by atoms with van der Waals surface area (Å²) in [4.78, 5) is 2.15. The lowest BCUT2D eigenvalue weighted by Gasteiger charge is -2.22. The third kappa shape index (κ3) is 2.48. The van der Waals surface area contributed by atoms with Crippen LogP contribution in [0.15, 0.2) is 6.07 Å². The Kier molecular flexibility index (Phi) is 3.52. The van der Waals surface area contributed by atoms with E-state index in [-0.39, 0.29) is 6.04 Å². The molecule has 0 saturated carbocycles. The van der Waals surface area contributed by atoms with E-state index in [9.17, 15) is 0 Å². The van der Waals surface area contributed by atoms with Crippen LogP contribution in [0.25, 0.3) is 0 Å². The van der Waals surface area contributed by atoms with Gasteiger partial charge >= 0.3 is 0 Å². The van der Waals surface area contributed by atoms with Crippen LogP contribution in [0, 0.1) is 6.92 Å². The van der Waals surface area contributed by atoms with Gasteiger partial charge in [0.25, 0.3) is 0 Å². The minimum atomic E-state index is 0.232. The van der Waals surface area contributed by atoms with Crippen molar-refractivity contribution in [1.29, 1.82) is 0 Å². The second-order valence-electron chi connectivity index (χ2n) is 3.82. The summed E-state index contributed by atoms with van der Waals surface area (Å²) in [5, 5.41) is 4.30. The van der Waals surface area contributed by atoms with Crippen LogP contribution in [0.5, 0.6) is 0 Å². The van der Waals surface area contributed by atoms with Gasteiger partial charge in [0.05, 0.1) is 5.69 Å². The van der Waals surface area contributed by atoms with Crippen molar-refractivity contribution in [2.24, 2.45) is 12.8 Å². The minimum absolute atomic E-state index is 0.232. The average Bonchev–Trinajstić information content (AvgIpc) is 2.45. The van der Waals surface area contributed by atoms with Gasteiger partial charge in [-0.15, -0.1) is 0 Å². The van der Waals surface area contributed by atoms with E-state index in [1.54, 1.807) is 0 Å². The molecule has 1 atom stereocenters. The maximum absolute atomic E-state index is 5.90. The first-order chi connectivity index (χ1) is 6.54. The fourth-order valence-electron chi connectivity index (χ4n) is 1.53. The fourth-order valence-corrected chi connectivity index (χ4v) is 1.53.